The lowest BCUT2D eigenvalue weighted by Crippen LogP contribution is -2.66. The molecule has 1 aromatic heterocycles. The van der Waals surface area contributed by atoms with E-state index in [0.717, 1.165) is 25.9 Å². The normalized spacial score (nSPS) is 25.8. The number of urea groups is 1. The summed E-state index contributed by atoms with van der Waals surface area (Å²) in [6.45, 7) is 4.78. The fourth-order valence-corrected chi connectivity index (χ4v) is 4.05. The monoisotopic (exact) mass is 322 g/mol. The number of hydrogen-bond acceptors (Lipinski definition) is 5. The fourth-order valence-electron chi connectivity index (χ4n) is 4.05. The van der Waals surface area contributed by atoms with Gasteiger partial charge in [-0.15, -0.1) is 0 Å². The summed E-state index contributed by atoms with van der Waals surface area (Å²) in [5, 5.41) is 9.70. The van der Waals surface area contributed by atoms with E-state index in [1.807, 2.05) is 6.92 Å². The van der Waals surface area contributed by atoms with Gasteiger partial charge in [0.25, 0.3) is 0 Å². The number of hydrogen-bond donors (Lipinski definition) is 2. The first kappa shape index (κ1) is 16.2. The van der Waals surface area contributed by atoms with Crippen LogP contribution in [0.5, 0.6) is 0 Å². The Morgan fingerprint density at radius 1 is 1.39 bits per heavy atom. The molecular weight excluding hydrogens is 296 g/mol. The van der Waals surface area contributed by atoms with Crippen molar-refractivity contribution in [2.75, 3.05) is 6.61 Å². The zero-order chi connectivity index (χ0) is 16.3. The van der Waals surface area contributed by atoms with Crippen LogP contribution in [0.3, 0.4) is 0 Å². The zero-order valence-electron chi connectivity index (χ0n) is 13.9. The van der Waals surface area contributed by atoms with Crippen LogP contribution >= 0.6 is 0 Å². The Morgan fingerprint density at radius 3 is 2.83 bits per heavy atom. The van der Waals surface area contributed by atoms with Gasteiger partial charge in [-0.3, -0.25) is 0 Å². The highest BCUT2D eigenvalue weighted by molar-refractivity contribution is 5.74. The Hall–Kier alpha value is -1.63. The molecule has 0 unspecified atom stereocenters. The van der Waals surface area contributed by atoms with Gasteiger partial charge in [0.1, 0.15) is 0 Å². The second-order valence-electron chi connectivity index (χ2n) is 6.58. The highest BCUT2D eigenvalue weighted by Crippen LogP contribution is 2.53. The Bertz CT molecular complexity index is 539. The molecule has 23 heavy (non-hydrogen) atoms. The van der Waals surface area contributed by atoms with Crippen LogP contribution in [-0.4, -0.2) is 34.9 Å². The molecule has 0 aliphatic heterocycles. The minimum Gasteiger partial charge on any atom is -0.378 e. The number of aromatic nitrogens is 2. The largest absolute Gasteiger partial charge is 0.378 e. The second-order valence-corrected chi connectivity index (χ2v) is 6.58. The average molecular weight is 322 g/mol. The van der Waals surface area contributed by atoms with Crippen molar-refractivity contribution in [1.29, 1.82) is 0 Å². The highest BCUT2D eigenvalue weighted by atomic mass is 16.5. The van der Waals surface area contributed by atoms with Gasteiger partial charge < -0.3 is 19.9 Å². The van der Waals surface area contributed by atoms with Gasteiger partial charge in [0.2, 0.25) is 5.89 Å². The van der Waals surface area contributed by atoms with E-state index in [2.05, 4.69) is 20.8 Å². The van der Waals surface area contributed by atoms with Crippen LogP contribution in [0.1, 0.15) is 57.2 Å². The van der Waals surface area contributed by atoms with Crippen molar-refractivity contribution in [2.45, 2.75) is 71.1 Å². The molecule has 0 saturated heterocycles. The molecule has 0 radical (unpaired) electrons. The van der Waals surface area contributed by atoms with E-state index in [-0.39, 0.29) is 30.1 Å². The summed E-state index contributed by atoms with van der Waals surface area (Å²) in [7, 11) is 0. The molecule has 7 nitrogen and oxygen atoms in total. The standard InChI is InChI=1S/C16H26N4O3/c1-3-22-13-9-12(16(13)7-5-4-6-8-16)19-15(21)17-10-14-18-11(2)23-20-14/h12-13H,3-10H2,1-2H3,(H2,17,19,21)/t12-,13+/m0/s1. The van der Waals surface area contributed by atoms with Gasteiger partial charge in [0, 0.05) is 25.0 Å². The van der Waals surface area contributed by atoms with Crippen molar-refractivity contribution in [2.24, 2.45) is 5.41 Å². The number of ether oxygens (including phenoxy) is 1. The minimum absolute atomic E-state index is 0.133. The molecular formula is C16H26N4O3. The third kappa shape index (κ3) is 3.34. The molecule has 0 aromatic carbocycles. The van der Waals surface area contributed by atoms with Gasteiger partial charge in [-0.25, -0.2) is 4.79 Å². The third-order valence-corrected chi connectivity index (χ3v) is 5.22. The van der Waals surface area contributed by atoms with E-state index >= 15 is 0 Å². The minimum atomic E-state index is -0.169. The molecule has 2 atom stereocenters. The average Bonchev–Trinajstić information content (AvgIpc) is 2.98. The third-order valence-electron chi connectivity index (χ3n) is 5.22. The van der Waals surface area contributed by atoms with E-state index < -0.39 is 0 Å². The molecule has 1 aromatic rings. The topological polar surface area (TPSA) is 89.3 Å². The predicted molar refractivity (Wildman–Crippen MR) is 83.7 cm³/mol. The van der Waals surface area contributed by atoms with Gasteiger partial charge in [-0.05, 0) is 26.2 Å². The maximum Gasteiger partial charge on any atom is 0.315 e. The molecule has 0 bridgehead atoms. The summed E-state index contributed by atoms with van der Waals surface area (Å²) in [5.41, 5.74) is 0.133. The molecule has 1 spiro atoms. The van der Waals surface area contributed by atoms with Crippen molar-refractivity contribution in [3.05, 3.63) is 11.7 Å². The fraction of sp³-hybridized carbons (Fsp3) is 0.812. The summed E-state index contributed by atoms with van der Waals surface area (Å²) in [6.07, 6.45) is 7.23. The summed E-state index contributed by atoms with van der Waals surface area (Å²) in [6, 6.07) is 0.0312. The van der Waals surface area contributed by atoms with Gasteiger partial charge in [0.05, 0.1) is 12.6 Å². The maximum absolute atomic E-state index is 12.2. The summed E-state index contributed by atoms with van der Waals surface area (Å²) in [5.74, 6) is 0.993. The van der Waals surface area contributed by atoms with Crippen molar-refractivity contribution in [1.82, 2.24) is 20.8 Å². The molecule has 2 saturated carbocycles. The lowest BCUT2D eigenvalue weighted by atomic mass is 9.55. The summed E-state index contributed by atoms with van der Waals surface area (Å²) in [4.78, 5) is 16.2. The van der Waals surface area contributed by atoms with Crippen LogP contribution in [0.15, 0.2) is 4.52 Å². The van der Waals surface area contributed by atoms with E-state index in [4.69, 9.17) is 9.26 Å². The number of carbonyl (C=O) groups excluding carboxylic acids is 1. The van der Waals surface area contributed by atoms with Gasteiger partial charge in [-0.2, -0.15) is 4.98 Å². The van der Waals surface area contributed by atoms with Crippen LogP contribution in [-0.2, 0) is 11.3 Å². The van der Waals surface area contributed by atoms with Crippen molar-refractivity contribution in [3.8, 4) is 0 Å². The van der Waals surface area contributed by atoms with Crippen LogP contribution in [0.25, 0.3) is 0 Å². The van der Waals surface area contributed by atoms with E-state index in [1.54, 1.807) is 6.92 Å². The first-order chi connectivity index (χ1) is 11.1. The number of nitrogens with one attached hydrogen (secondary N) is 2. The number of amides is 2. The molecule has 2 N–H and O–H groups in total. The molecule has 7 heteroatoms. The molecule has 2 amide bonds. The van der Waals surface area contributed by atoms with Crippen LogP contribution in [0.2, 0.25) is 0 Å². The molecule has 2 aliphatic rings. The first-order valence-electron chi connectivity index (χ1n) is 8.59. The highest BCUT2D eigenvalue weighted by Gasteiger charge is 2.56. The van der Waals surface area contributed by atoms with Gasteiger partial charge in [0.15, 0.2) is 5.82 Å². The maximum atomic E-state index is 12.2. The molecule has 1 heterocycles. The molecule has 2 fully saturated rings. The van der Waals surface area contributed by atoms with Crippen LogP contribution < -0.4 is 10.6 Å². The first-order valence-corrected chi connectivity index (χ1v) is 8.59. The van der Waals surface area contributed by atoms with Crippen molar-refractivity contribution in [3.63, 3.8) is 0 Å². The van der Waals surface area contributed by atoms with E-state index in [0.29, 0.717) is 11.7 Å². The number of rotatable bonds is 5. The Balaban J connectivity index is 1.53. The molecule has 3 rings (SSSR count). The quantitative estimate of drug-likeness (QED) is 0.868. The van der Waals surface area contributed by atoms with Gasteiger partial charge >= 0.3 is 6.03 Å². The van der Waals surface area contributed by atoms with Crippen LogP contribution in [0, 0.1) is 12.3 Å². The predicted octanol–water partition coefficient (Wildman–Crippen LogP) is 2.31. The molecule has 128 valence electrons. The zero-order valence-corrected chi connectivity index (χ0v) is 13.9. The smallest absolute Gasteiger partial charge is 0.315 e. The van der Waals surface area contributed by atoms with Crippen molar-refractivity contribution >= 4 is 6.03 Å². The number of carbonyl (C=O) groups is 1. The summed E-state index contributed by atoms with van der Waals surface area (Å²) < 4.78 is 10.8. The summed E-state index contributed by atoms with van der Waals surface area (Å²) >= 11 is 0. The van der Waals surface area contributed by atoms with E-state index in [9.17, 15) is 4.79 Å². The Morgan fingerprint density at radius 2 is 2.17 bits per heavy atom. The Labute approximate surface area is 136 Å². The number of nitrogens with zero attached hydrogens (tertiary/aromatic N) is 2. The van der Waals surface area contributed by atoms with Gasteiger partial charge in [-0.1, -0.05) is 24.4 Å². The number of aryl methyl sites for hydroxylation is 1. The van der Waals surface area contributed by atoms with Crippen LogP contribution in [0.4, 0.5) is 4.79 Å². The SMILES string of the molecule is CCO[C@@H]1C[C@H](NC(=O)NCc2noc(C)n2)C12CCCCC2. The lowest BCUT2D eigenvalue weighted by molar-refractivity contribution is -0.146. The van der Waals surface area contributed by atoms with E-state index in [1.165, 1.54) is 19.3 Å². The Kier molecular flexibility index (Phi) is 4.84. The molecule has 2 aliphatic carbocycles. The van der Waals surface area contributed by atoms with Crippen molar-refractivity contribution < 1.29 is 14.1 Å². The second kappa shape index (κ2) is 6.86. The lowest BCUT2D eigenvalue weighted by Gasteiger charge is -2.57.